The predicted octanol–water partition coefficient (Wildman–Crippen LogP) is 8.15. The summed E-state index contributed by atoms with van der Waals surface area (Å²) in [7, 11) is 0. The summed E-state index contributed by atoms with van der Waals surface area (Å²) < 4.78 is 0. The normalized spacial score (nSPS) is 11.4. The monoisotopic (exact) mass is 489 g/mol. The number of aryl methyl sites for hydroxylation is 1. The number of amides is 1. The van der Waals surface area contributed by atoms with Crippen molar-refractivity contribution in [1.82, 2.24) is 9.97 Å². The third-order valence-electron chi connectivity index (χ3n) is 6.62. The maximum atomic E-state index is 12.9. The number of aromatic amines is 1. The molecule has 0 radical (unpaired) electrons. The lowest BCUT2D eigenvalue weighted by Gasteiger charge is -2.09. The SMILES string of the molecule is O=C(CCCc1c(-c2ccc3ccccc3n2)[nH]c2ccc(Cl)cc12)Nc1cccc2ccccc12. The third-order valence-corrected chi connectivity index (χ3v) is 6.85. The van der Waals surface area contributed by atoms with Crippen molar-refractivity contribution in [3.63, 3.8) is 0 Å². The standard InChI is InChI=1S/C31H24ClN3O/c32-22-16-18-28-25(19-22)24(31(35-28)29-17-15-21-8-2-4-12-26(21)33-29)11-6-14-30(36)34-27-13-5-9-20-7-1-3-10-23(20)27/h1-5,7-10,12-13,15-19,35H,6,11,14H2,(H,34,36). The molecule has 0 saturated heterocycles. The number of aromatic nitrogens is 2. The Kier molecular flexibility index (Phi) is 5.88. The smallest absolute Gasteiger partial charge is 0.224 e. The van der Waals surface area contributed by atoms with Crippen LogP contribution in [0.2, 0.25) is 5.02 Å². The van der Waals surface area contributed by atoms with Crippen LogP contribution in [0.15, 0.2) is 97.1 Å². The predicted molar refractivity (Wildman–Crippen MR) is 150 cm³/mol. The number of H-pyrrole nitrogens is 1. The van der Waals surface area contributed by atoms with Crippen molar-refractivity contribution in [3.05, 3.63) is 108 Å². The highest BCUT2D eigenvalue weighted by molar-refractivity contribution is 6.31. The lowest BCUT2D eigenvalue weighted by molar-refractivity contribution is -0.116. The first-order chi connectivity index (χ1) is 17.7. The van der Waals surface area contributed by atoms with Gasteiger partial charge in [-0.25, -0.2) is 4.98 Å². The summed E-state index contributed by atoms with van der Waals surface area (Å²) >= 11 is 6.35. The second-order valence-corrected chi connectivity index (χ2v) is 9.42. The van der Waals surface area contributed by atoms with Gasteiger partial charge in [-0.15, -0.1) is 0 Å². The number of benzene rings is 4. The quantitative estimate of drug-likeness (QED) is 0.248. The van der Waals surface area contributed by atoms with Crippen molar-refractivity contribution in [3.8, 4) is 11.4 Å². The summed E-state index contributed by atoms with van der Waals surface area (Å²) in [4.78, 5) is 21.3. The molecule has 6 rings (SSSR count). The van der Waals surface area contributed by atoms with Crippen LogP contribution in [0, 0.1) is 0 Å². The molecule has 1 amide bonds. The molecule has 0 saturated carbocycles. The van der Waals surface area contributed by atoms with Crippen LogP contribution in [-0.2, 0) is 11.2 Å². The molecule has 2 N–H and O–H groups in total. The molecule has 0 atom stereocenters. The van der Waals surface area contributed by atoms with Gasteiger partial charge in [-0.2, -0.15) is 0 Å². The highest BCUT2D eigenvalue weighted by atomic mass is 35.5. The zero-order valence-corrected chi connectivity index (χ0v) is 20.3. The van der Waals surface area contributed by atoms with E-state index in [1.165, 1.54) is 0 Å². The zero-order chi connectivity index (χ0) is 24.5. The summed E-state index contributed by atoms with van der Waals surface area (Å²) in [5.74, 6) is 0.00890. The van der Waals surface area contributed by atoms with E-state index in [1.54, 1.807) is 0 Å². The van der Waals surface area contributed by atoms with Crippen molar-refractivity contribution in [1.29, 1.82) is 0 Å². The number of nitrogens with one attached hydrogen (secondary N) is 2. The van der Waals surface area contributed by atoms with E-state index in [0.717, 1.165) is 61.6 Å². The molecular formula is C31H24ClN3O. The van der Waals surface area contributed by atoms with Gasteiger partial charge in [0.2, 0.25) is 5.91 Å². The van der Waals surface area contributed by atoms with Crippen molar-refractivity contribution in [2.75, 3.05) is 5.32 Å². The van der Waals surface area contributed by atoms with Crippen molar-refractivity contribution in [2.24, 2.45) is 0 Å². The van der Waals surface area contributed by atoms with Crippen LogP contribution in [0.4, 0.5) is 5.69 Å². The molecule has 0 aliphatic heterocycles. The largest absolute Gasteiger partial charge is 0.353 e. The maximum Gasteiger partial charge on any atom is 0.224 e. The molecule has 2 heterocycles. The van der Waals surface area contributed by atoms with Crippen molar-refractivity contribution >= 4 is 55.8 Å². The van der Waals surface area contributed by atoms with E-state index in [4.69, 9.17) is 16.6 Å². The molecule has 36 heavy (non-hydrogen) atoms. The maximum absolute atomic E-state index is 12.9. The van der Waals surface area contributed by atoms with Crippen LogP contribution >= 0.6 is 11.6 Å². The summed E-state index contributed by atoms with van der Waals surface area (Å²) in [6.45, 7) is 0. The second kappa shape index (κ2) is 9.48. The summed E-state index contributed by atoms with van der Waals surface area (Å²) in [5, 5.41) is 8.12. The van der Waals surface area contributed by atoms with Crippen LogP contribution < -0.4 is 5.32 Å². The average molecular weight is 490 g/mol. The van der Waals surface area contributed by atoms with E-state index in [1.807, 2.05) is 72.8 Å². The Hall–Kier alpha value is -4.15. The van der Waals surface area contributed by atoms with Crippen LogP contribution in [-0.4, -0.2) is 15.9 Å². The van der Waals surface area contributed by atoms with Gasteiger partial charge in [-0.1, -0.05) is 72.3 Å². The van der Waals surface area contributed by atoms with E-state index in [9.17, 15) is 4.79 Å². The topological polar surface area (TPSA) is 57.8 Å². The Balaban J connectivity index is 1.26. The zero-order valence-electron chi connectivity index (χ0n) is 19.6. The molecule has 0 bridgehead atoms. The van der Waals surface area contributed by atoms with Gasteiger partial charge in [0, 0.05) is 38.8 Å². The number of halogens is 1. The molecule has 6 aromatic rings. The minimum atomic E-state index is 0.00890. The van der Waals surface area contributed by atoms with E-state index in [2.05, 4.69) is 34.6 Å². The van der Waals surface area contributed by atoms with Gasteiger partial charge in [0.05, 0.1) is 16.9 Å². The Morgan fingerprint density at radius 3 is 2.56 bits per heavy atom. The van der Waals surface area contributed by atoms with Crippen LogP contribution in [0.25, 0.3) is 44.0 Å². The number of nitrogens with zero attached hydrogens (tertiary/aromatic N) is 1. The number of hydrogen-bond acceptors (Lipinski definition) is 2. The molecule has 2 aromatic heterocycles. The first-order valence-corrected chi connectivity index (χ1v) is 12.5. The van der Waals surface area contributed by atoms with Gasteiger partial charge in [0.15, 0.2) is 0 Å². The van der Waals surface area contributed by atoms with Crippen molar-refractivity contribution in [2.45, 2.75) is 19.3 Å². The highest BCUT2D eigenvalue weighted by Gasteiger charge is 2.16. The summed E-state index contributed by atoms with van der Waals surface area (Å²) in [6, 6.07) is 32.2. The molecular weight excluding hydrogens is 466 g/mol. The van der Waals surface area contributed by atoms with Crippen LogP contribution in [0.5, 0.6) is 0 Å². The van der Waals surface area contributed by atoms with E-state index in [-0.39, 0.29) is 5.91 Å². The van der Waals surface area contributed by atoms with Gasteiger partial charge in [-0.3, -0.25) is 4.79 Å². The molecule has 0 spiro atoms. The summed E-state index contributed by atoms with van der Waals surface area (Å²) in [6.07, 6.45) is 1.85. The highest BCUT2D eigenvalue weighted by Crippen LogP contribution is 2.33. The van der Waals surface area contributed by atoms with E-state index < -0.39 is 0 Å². The molecule has 0 fully saturated rings. The first kappa shape index (κ1) is 22.3. The molecule has 4 nitrogen and oxygen atoms in total. The minimum absolute atomic E-state index is 0.00890. The van der Waals surface area contributed by atoms with Crippen molar-refractivity contribution < 1.29 is 4.79 Å². The number of carbonyl (C=O) groups is 1. The second-order valence-electron chi connectivity index (χ2n) is 8.99. The fourth-order valence-corrected chi connectivity index (χ4v) is 5.05. The lowest BCUT2D eigenvalue weighted by Crippen LogP contribution is -2.11. The number of anilines is 1. The Morgan fingerprint density at radius 2 is 1.64 bits per heavy atom. The average Bonchev–Trinajstić information content (AvgIpc) is 3.26. The fourth-order valence-electron chi connectivity index (χ4n) is 4.88. The van der Waals surface area contributed by atoms with Crippen LogP contribution in [0.3, 0.4) is 0 Å². The third kappa shape index (κ3) is 4.32. The van der Waals surface area contributed by atoms with Gasteiger partial charge in [-0.05, 0) is 60.2 Å². The Morgan fingerprint density at radius 1 is 0.833 bits per heavy atom. The molecule has 0 aliphatic carbocycles. The fraction of sp³-hybridized carbons (Fsp3) is 0.0968. The van der Waals surface area contributed by atoms with E-state index >= 15 is 0 Å². The number of pyridine rings is 1. The molecule has 176 valence electrons. The number of carbonyl (C=O) groups excluding carboxylic acids is 1. The molecule has 5 heteroatoms. The number of fused-ring (bicyclic) bond motifs is 3. The minimum Gasteiger partial charge on any atom is -0.353 e. The lowest BCUT2D eigenvalue weighted by atomic mass is 10.0. The van der Waals surface area contributed by atoms with Gasteiger partial charge in [0.1, 0.15) is 0 Å². The Bertz CT molecular complexity index is 1730. The number of para-hydroxylation sites is 1. The number of hydrogen-bond donors (Lipinski definition) is 2. The summed E-state index contributed by atoms with van der Waals surface area (Å²) in [5.41, 5.74) is 5.81. The van der Waals surface area contributed by atoms with Gasteiger partial charge < -0.3 is 10.3 Å². The molecule has 0 aliphatic rings. The Labute approximate surface area is 213 Å². The van der Waals surface area contributed by atoms with Crippen LogP contribution in [0.1, 0.15) is 18.4 Å². The van der Waals surface area contributed by atoms with Gasteiger partial charge >= 0.3 is 0 Å². The van der Waals surface area contributed by atoms with E-state index in [0.29, 0.717) is 17.9 Å². The first-order valence-electron chi connectivity index (χ1n) is 12.1. The van der Waals surface area contributed by atoms with Gasteiger partial charge in [0.25, 0.3) is 0 Å². The molecule has 0 unspecified atom stereocenters. The number of rotatable bonds is 6. The molecule has 4 aromatic carbocycles.